The minimum absolute atomic E-state index is 0. The second kappa shape index (κ2) is 9.28. The highest BCUT2D eigenvalue weighted by atomic mass is 35.5. The van der Waals surface area contributed by atoms with Crippen molar-refractivity contribution in [1.29, 1.82) is 0 Å². The van der Waals surface area contributed by atoms with Gasteiger partial charge in [0.05, 0.1) is 11.2 Å². The summed E-state index contributed by atoms with van der Waals surface area (Å²) in [5, 5.41) is 11.2. The number of piperidine rings is 1. The van der Waals surface area contributed by atoms with Gasteiger partial charge in [0.15, 0.2) is 11.5 Å². The van der Waals surface area contributed by atoms with E-state index in [9.17, 15) is 23.1 Å². The summed E-state index contributed by atoms with van der Waals surface area (Å²) >= 11 is 0. The van der Waals surface area contributed by atoms with Gasteiger partial charge in [-0.2, -0.15) is 13.2 Å². The molecule has 2 aromatic rings. The van der Waals surface area contributed by atoms with Crippen molar-refractivity contribution in [1.82, 2.24) is 4.90 Å². The van der Waals surface area contributed by atoms with Crippen molar-refractivity contribution >= 4 is 24.0 Å². The van der Waals surface area contributed by atoms with Crippen LogP contribution >= 0.6 is 12.4 Å². The number of nitrogens with zero attached hydrogens (tertiary/aromatic N) is 2. The topological polar surface area (TPSA) is 62.2 Å². The van der Waals surface area contributed by atoms with Crippen LogP contribution in [0.15, 0.2) is 42.5 Å². The Kier molecular flexibility index (Phi) is 6.72. The van der Waals surface area contributed by atoms with Crippen LogP contribution in [0.25, 0.3) is 0 Å². The number of likely N-dealkylation sites (tertiary alicyclic amines) is 1. The summed E-state index contributed by atoms with van der Waals surface area (Å²) in [5.74, 6) is 1.19. The zero-order valence-electron chi connectivity index (χ0n) is 18.4. The van der Waals surface area contributed by atoms with E-state index in [0.717, 1.165) is 17.7 Å². The molecule has 6 nitrogen and oxygen atoms in total. The highest BCUT2D eigenvalue weighted by Crippen LogP contribution is 2.40. The van der Waals surface area contributed by atoms with Gasteiger partial charge in [0, 0.05) is 38.3 Å². The van der Waals surface area contributed by atoms with E-state index in [0.29, 0.717) is 56.9 Å². The van der Waals surface area contributed by atoms with Crippen LogP contribution < -0.4 is 14.4 Å². The number of anilines is 1. The van der Waals surface area contributed by atoms with Gasteiger partial charge in [-0.3, -0.25) is 4.79 Å². The highest BCUT2D eigenvalue weighted by molar-refractivity contribution is 5.95. The number of hydrogen-bond donors (Lipinski definition) is 1. The Labute approximate surface area is 201 Å². The summed E-state index contributed by atoms with van der Waals surface area (Å²) in [7, 11) is 0. The summed E-state index contributed by atoms with van der Waals surface area (Å²) in [6.07, 6.45) is -3.05. The van der Waals surface area contributed by atoms with Gasteiger partial charge in [-0.25, -0.2) is 0 Å². The predicted molar refractivity (Wildman–Crippen MR) is 121 cm³/mol. The molecular formula is C24H26ClF3N2O4. The molecule has 1 atom stereocenters. The number of carbonyl (C=O) groups excluding carboxylic acids is 1. The lowest BCUT2D eigenvalue weighted by molar-refractivity contribution is -0.137. The first-order chi connectivity index (χ1) is 15.7. The summed E-state index contributed by atoms with van der Waals surface area (Å²) in [4.78, 5) is 16.2. The first-order valence-corrected chi connectivity index (χ1v) is 11.0. The molecular weight excluding hydrogens is 473 g/mol. The molecule has 3 heterocycles. The number of fused-ring (bicyclic) bond motifs is 1. The molecule has 2 aromatic carbocycles. The fourth-order valence-electron chi connectivity index (χ4n) is 4.95. The molecule has 2 saturated heterocycles. The molecule has 1 unspecified atom stereocenters. The van der Waals surface area contributed by atoms with Crippen LogP contribution in [-0.4, -0.2) is 48.9 Å². The first kappa shape index (κ1) is 24.6. The molecule has 10 heteroatoms. The number of rotatable bonds is 4. The van der Waals surface area contributed by atoms with E-state index in [4.69, 9.17) is 9.47 Å². The number of halogens is 4. The molecule has 1 amide bonds. The number of benzene rings is 2. The fraction of sp³-hybridized carbons (Fsp3) is 0.458. The number of ether oxygens (including phenoxy) is 2. The van der Waals surface area contributed by atoms with Crippen LogP contribution in [-0.2, 0) is 16.6 Å². The van der Waals surface area contributed by atoms with Crippen LogP contribution in [0, 0.1) is 5.92 Å². The average Bonchev–Trinajstić information content (AvgIpc) is 3.40. The van der Waals surface area contributed by atoms with Crippen molar-refractivity contribution in [3.63, 3.8) is 0 Å². The Bertz CT molecular complexity index is 1060. The van der Waals surface area contributed by atoms with E-state index in [1.807, 2.05) is 18.2 Å². The maximum Gasteiger partial charge on any atom is 0.416 e. The van der Waals surface area contributed by atoms with Crippen LogP contribution in [0.4, 0.5) is 18.9 Å². The summed E-state index contributed by atoms with van der Waals surface area (Å²) in [5.41, 5.74) is -0.617. The summed E-state index contributed by atoms with van der Waals surface area (Å²) < 4.78 is 49.9. The van der Waals surface area contributed by atoms with Gasteiger partial charge >= 0.3 is 6.18 Å². The second-order valence-electron chi connectivity index (χ2n) is 9.02. The fourth-order valence-corrected chi connectivity index (χ4v) is 4.95. The third kappa shape index (κ3) is 4.82. The van der Waals surface area contributed by atoms with Crippen molar-refractivity contribution < 1.29 is 32.5 Å². The van der Waals surface area contributed by atoms with E-state index in [1.165, 1.54) is 11.0 Å². The third-order valence-corrected chi connectivity index (χ3v) is 6.80. The number of hydrogen-bond acceptors (Lipinski definition) is 5. The molecule has 3 aliphatic rings. The lowest BCUT2D eigenvalue weighted by Crippen LogP contribution is -2.44. The maximum absolute atomic E-state index is 13.0. The van der Waals surface area contributed by atoms with Gasteiger partial charge < -0.3 is 24.4 Å². The summed E-state index contributed by atoms with van der Waals surface area (Å²) in [6, 6.07) is 10.4. The van der Waals surface area contributed by atoms with Crippen molar-refractivity contribution in [2.75, 3.05) is 37.9 Å². The Morgan fingerprint density at radius 3 is 2.53 bits per heavy atom. The Balaban J connectivity index is 0.00000274. The molecule has 3 aliphatic heterocycles. The lowest BCUT2D eigenvalue weighted by atomic mass is 9.84. The van der Waals surface area contributed by atoms with E-state index in [2.05, 4.69) is 4.90 Å². The molecule has 0 bridgehead atoms. The highest BCUT2D eigenvalue weighted by Gasteiger charge is 2.38. The number of amides is 1. The van der Waals surface area contributed by atoms with Gasteiger partial charge in [0.25, 0.3) is 0 Å². The van der Waals surface area contributed by atoms with Crippen LogP contribution in [0.2, 0.25) is 0 Å². The maximum atomic E-state index is 13.0. The molecule has 34 heavy (non-hydrogen) atoms. The Morgan fingerprint density at radius 1 is 1.06 bits per heavy atom. The van der Waals surface area contributed by atoms with Gasteiger partial charge in [0.1, 0.15) is 0 Å². The molecule has 0 aliphatic carbocycles. The summed E-state index contributed by atoms with van der Waals surface area (Å²) in [6.45, 7) is 2.57. The monoisotopic (exact) mass is 498 g/mol. The van der Waals surface area contributed by atoms with Crippen LogP contribution in [0.5, 0.6) is 11.5 Å². The minimum atomic E-state index is -4.44. The van der Waals surface area contributed by atoms with Gasteiger partial charge in [0.2, 0.25) is 12.7 Å². The average molecular weight is 499 g/mol. The number of carbonyl (C=O) groups is 1. The zero-order chi connectivity index (χ0) is 23.2. The smallest absolute Gasteiger partial charge is 0.416 e. The molecule has 0 aromatic heterocycles. The first-order valence-electron chi connectivity index (χ1n) is 11.0. The lowest BCUT2D eigenvalue weighted by Gasteiger charge is -2.39. The SMILES string of the molecule is Cl.O=C1CC(CN2CCC(O)(c3ccc4c(c3)OCO4)CC2)CN1c1cccc(C(F)(F)F)c1. The van der Waals surface area contributed by atoms with Crippen molar-refractivity contribution in [2.45, 2.75) is 31.0 Å². The molecule has 2 fully saturated rings. The van der Waals surface area contributed by atoms with E-state index < -0.39 is 17.3 Å². The van der Waals surface area contributed by atoms with E-state index >= 15 is 0 Å². The zero-order valence-corrected chi connectivity index (χ0v) is 19.2. The third-order valence-electron chi connectivity index (χ3n) is 6.80. The quantitative estimate of drug-likeness (QED) is 0.685. The van der Waals surface area contributed by atoms with E-state index in [-0.39, 0.29) is 36.7 Å². The van der Waals surface area contributed by atoms with Gasteiger partial charge in [-0.15, -0.1) is 12.4 Å². The predicted octanol–water partition coefficient (Wildman–Crippen LogP) is 4.19. The second-order valence-corrected chi connectivity index (χ2v) is 9.02. The molecule has 184 valence electrons. The van der Waals surface area contributed by atoms with Crippen LogP contribution in [0.3, 0.4) is 0 Å². The Morgan fingerprint density at radius 2 is 1.79 bits per heavy atom. The Hall–Kier alpha value is -2.49. The molecule has 1 N–H and O–H groups in total. The largest absolute Gasteiger partial charge is 0.454 e. The van der Waals surface area contributed by atoms with Crippen molar-refractivity contribution in [2.24, 2.45) is 5.92 Å². The van der Waals surface area contributed by atoms with Crippen molar-refractivity contribution in [3.8, 4) is 11.5 Å². The van der Waals surface area contributed by atoms with Crippen LogP contribution in [0.1, 0.15) is 30.4 Å². The molecule has 0 spiro atoms. The molecule has 5 rings (SSSR count). The van der Waals surface area contributed by atoms with Crippen molar-refractivity contribution in [3.05, 3.63) is 53.6 Å². The van der Waals surface area contributed by atoms with Gasteiger partial charge in [-0.1, -0.05) is 12.1 Å². The van der Waals surface area contributed by atoms with Gasteiger partial charge in [-0.05, 0) is 54.7 Å². The number of aliphatic hydroxyl groups is 1. The number of alkyl halides is 3. The minimum Gasteiger partial charge on any atom is -0.454 e. The molecule has 0 radical (unpaired) electrons. The standard InChI is InChI=1S/C24H25F3N2O4.ClH/c25-24(26,27)18-2-1-3-19(11-18)29-14-16(10-22(29)30)13-28-8-6-23(31,7-9-28)17-4-5-20-21(12-17)33-15-32-20;/h1-5,11-12,16,31H,6-10,13-15H2;1H. The normalized spacial score (nSPS) is 22.1. The van der Waals surface area contributed by atoms with E-state index in [1.54, 1.807) is 6.07 Å². The molecule has 0 saturated carbocycles.